The van der Waals surface area contributed by atoms with Crippen molar-refractivity contribution in [2.24, 2.45) is 0 Å². The number of carbonyl (C=O) groups excluding carboxylic acids is 1. The first-order valence-corrected chi connectivity index (χ1v) is 15.0. The summed E-state index contributed by atoms with van der Waals surface area (Å²) in [4.78, 5) is 11.6. The van der Waals surface area contributed by atoms with Gasteiger partial charge in [0.05, 0.1) is 17.1 Å². The predicted octanol–water partition coefficient (Wildman–Crippen LogP) is 6.28. The molecule has 0 saturated heterocycles. The number of carbonyl (C=O) groups is 1. The third-order valence-corrected chi connectivity index (χ3v) is 11.3. The molecule has 4 nitrogen and oxygen atoms in total. The lowest BCUT2D eigenvalue weighted by molar-refractivity contribution is -0.110. The van der Waals surface area contributed by atoms with Gasteiger partial charge in [-0.25, -0.2) is 0 Å². The standard InChI is InChI=1S/C19H40IN2O2PS2/c1-14(2)21(15(3)4)25(22(16(5)6)17(7)8)27-13-11-24-10-12-26-19(23)18(9)20/h14-18H,10-13H2,1-9H3. The summed E-state index contributed by atoms with van der Waals surface area (Å²) in [6.07, 6.45) is 0. The molecule has 0 aliphatic carbocycles. The largest absolute Gasteiger partial charge is 0.380 e. The minimum Gasteiger partial charge on any atom is -0.380 e. The maximum absolute atomic E-state index is 11.6. The summed E-state index contributed by atoms with van der Waals surface area (Å²) < 4.78 is 11.2. The number of thioether (sulfide) groups is 1. The van der Waals surface area contributed by atoms with Gasteiger partial charge in [-0.3, -0.25) is 14.1 Å². The Kier molecular flexibility index (Phi) is 16.0. The van der Waals surface area contributed by atoms with Gasteiger partial charge in [-0.15, -0.1) is 0 Å². The zero-order valence-electron chi connectivity index (χ0n) is 18.6. The van der Waals surface area contributed by atoms with Crippen LogP contribution >= 0.6 is 53.2 Å². The zero-order chi connectivity index (χ0) is 21.1. The van der Waals surface area contributed by atoms with E-state index in [-0.39, 0.29) is 9.04 Å². The Balaban J connectivity index is 4.67. The molecule has 0 amide bonds. The van der Waals surface area contributed by atoms with Crippen molar-refractivity contribution >= 4 is 58.3 Å². The summed E-state index contributed by atoms with van der Waals surface area (Å²) in [5.74, 6) is 1.73. The molecule has 0 aromatic rings. The van der Waals surface area contributed by atoms with Crippen LogP contribution in [0.15, 0.2) is 0 Å². The first-order valence-electron chi connectivity index (χ1n) is 9.88. The molecule has 8 heteroatoms. The van der Waals surface area contributed by atoms with Gasteiger partial charge in [0, 0.05) is 35.7 Å². The van der Waals surface area contributed by atoms with E-state index in [9.17, 15) is 4.79 Å². The highest BCUT2D eigenvalue weighted by atomic mass is 127. The van der Waals surface area contributed by atoms with Crippen LogP contribution in [0.1, 0.15) is 62.3 Å². The lowest BCUT2D eigenvalue weighted by Gasteiger charge is -2.46. The number of hydrogen-bond acceptors (Lipinski definition) is 6. The number of ether oxygens (including phenoxy) is 1. The van der Waals surface area contributed by atoms with Crippen molar-refractivity contribution in [1.29, 1.82) is 0 Å². The number of hydrogen-bond donors (Lipinski definition) is 0. The van der Waals surface area contributed by atoms with E-state index in [0.717, 1.165) is 18.1 Å². The van der Waals surface area contributed by atoms with Crippen LogP contribution in [0.4, 0.5) is 0 Å². The Morgan fingerprint density at radius 2 is 1.26 bits per heavy atom. The van der Waals surface area contributed by atoms with Gasteiger partial charge in [0.25, 0.3) is 0 Å². The Morgan fingerprint density at radius 3 is 1.63 bits per heavy atom. The number of rotatable bonds is 14. The van der Waals surface area contributed by atoms with Crippen LogP contribution in [0.3, 0.4) is 0 Å². The molecule has 1 unspecified atom stereocenters. The van der Waals surface area contributed by atoms with Crippen molar-refractivity contribution < 1.29 is 9.53 Å². The van der Waals surface area contributed by atoms with Gasteiger partial charge in [-0.1, -0.05) is 45.7 Å². The molecule has 0 spiro atoms. The number of halogens is 1. The average Bonchev–Trinajstić information content (AvgIpc) is 2.51. The average molecular weight is 551 g/mol. The molecule has 0 rings (SSSR count). The second-order valence-electron chi connectivity index (χ2n) is 7.62. The van der Waals surface area contributed by atoms with E-state index < -0.39 is 7.42 Å². The Morgan fingerprint density at radius 1 is 0.852 bits per heavy atom. The van der Waals surface area contributed by atoms with E-state index in [1.54, 1.807) is 0 Å². The third kappa shape index (κ3) is 11.4. The minimum absolute atomic E-state index is 0.0720. The van der Waals surface area contributed by atoms with Crippen LogP contribution in [-0.4, -0.2) is 67.3 Å². The lowest BCUT2D eigenvalue weighted by Crippen LogP contribution is -2.41. The van der Waals surface area contributed by atoms with E-state index in [4.69, 9.17) is 4.74 Å². The highest BCUT2D eigenvalue weighted by Crippen LogP contribution is 2.59. The van der Waals surface area contributed by atoms with Gasteiger partial charge >= 0.3 is 0 Å². The maximum atomic E-state index is 11.6. The monoisotopic (exact) mass is 550 g/mol. The fraction of sp³-hybridized carbons (Fsp3) is 0.947. The molecular formula is C19H40IN2O2PS2. The Bertz CT molecular complexity index is 377. The van der Waals surface area contributed by atoms with E-state index in [0.29, 0.717) is 30.8 Å². The summed E-state index contributed by atoms with van der Waals surface area (Å²) in [5, 5.41) is 0.242. The van der Waals surface area contributed by atoms with E-state index in [2.05, 4.69) is 87.3 Å². The van der Waals surface area contributed by atoms with Crippen molar-refractivity contribution in [1.82, 2.24) is 9.34 Å². The molecule has 0 bridgehead atoms. The molecule has 1 atom stereocenters. The normalized spacial score (nSPS) is 14.0. The first-order chi connectivity index (χ1) is 12.5. The minimum atomic E-state index is -0.446. The molecule has 162 valence electrons. The molecule has 0 radical (unpaired) electrons. The Labute approximate surface area is 191 Å². The van der Waals surface area contributed by atoms with Crippen molar-refractivity contribution in [2.75, 3.05) is 24.7 Å². The summed E-state index contributed by atoms with van der Waals surface area (Å²) in [6, 6.07) is 2.06. The van der Waals surface area contributed by atoms with Crippen LogP contribution in [0, 0.1) is 0 Å². The van der Waals surface area contributed by atoms with Crippen molar-refractivity contribution in [3.05, 3.63) is 0 Å². The predicted molar refractivity (Wildman–Crippen MR) is 135 cm³/mol. The number of nitrogens with zero attached hydrogens (tertiary/aromatic N) is 2. The molecule has 0 aliphatic heterocycles. The SMILES string of the molecule is CC(I)C(=O)SCCOCCSP(N(C(C)C)C(C)C)N(C(C)C)C(C)C. The molecule has 0 aromatic heterocycles. The van der Waals surface area contributed by atoms with Gasteiger partial charge < -0.3 is 4.74 Å². The van der Waals surface area contributed by atoms with Gasteiger partial charge in [-0.2, -0.15) is 0 Å². The van der Waals surface area contributed by atoms with Crippen LogP contribution in [0.5, 0.6) is 0 Å². The molecule has 0 aliphatic rings. The number of alkyl halides is 1. The third-order valence-electron chi connectivity index (χ3n) is 3.74. The topological polar surface area (TPSA) is 32.8 Å². The van der Waals surface area contributed by atoms with Gasteiger partial charge in [-0.05, 0) is 62.3 Å². The fourth-order valence-corrected chi connectivity index (χ4v) is 10.2. The lowest BCUT2D eigenvalue weighted by atomic mass is 10.3. The molecule has 0 N–H and O–H groups in total. The van der Waals surface area contributed by atoms with Crippen molar-refractivity contribution in [3.8, 4) is 0 Å². The van der Waals surface area contributed by atoms with E-state index in [1.807, 2.05) is 18.3 Å². The van der Waals surface area contributed by atoms with Crippen molar-refractivity contribution in [2.45, 2.75) is 90.4 Å². The molecule has 0 aromatic carbocycles. The van der Waals surface area contributed by atoms with Crippen LogP contribution in [0.25, 0.3) is 0 Å². The molecule has 27 heavy (non-hydrogen) atoms. The maximum Gasteiger partial charge on any atom is 0.201 e. The first kappa shape index (κ1) is 28.4. The van der Waals surface area contributed by atoms with Gasteiger partial charge in [0.1, 0.15) is 7.42 Å². The van der Waals surface area contributed by atoms with E-state index in [1.165, 1.54) is 11.8 Å². The molecular weight excluding hydrogens is 510 g/mol. The molecule has 0 fully saturated rings. The van der Waals surface area contributed by atoms with Gasteiger partial charge in [0.2, 0.25) is 5.12 Å². The van der Waals surface area contributed by atoms with E-state index >= 15 is 0 Å². The van der Waals surface area contributed by atoms with Crippen molar-refractivity contribution in [3.63, 3.8) is 0 Å². The van der Waals surface area contributed by atoms with Crippen LogP contribution in [0.2, 0.25) is 0 Å². The highest BCUT2D eigenvalue weighted by Gasteiger charge is 2.33. The summed E-state index contributed by atoms with van der Waals surface area (Å²) in [6.45, 7) is 21.7. The Hall–Kier alpha value is 1.41. The fourth-order valence-electron chi connectivity index (χ4n) is 2.83. The van der Waals surface area contributed by atoms with Crippen LogP contribution < -0.4 is 0 Å². The second kappa shape index (κ2) is 15.2. The molecule has 0 heterocycles. The summed E-state index contributed by atoms with van der Waals surface area (Å²) in [7, 11) is -0.446. The quantitative estimate of drug-likeness (QED) is 0.110. The summed E-state index contributed by atoms with van der Waals surface area (Å²) in [5.41, 5.74) is 0. The zero-order valence-corrected chi connectivity index (χ0v) is 23.3. The summed E-state index contributed by atoms with van der Waals surface area (Å²) >= 11 is 5.58. The van der Waals surface area contributed by atoms with Gasteiger partial charge in [0.15, 0.2) is 0 Å². The second-order valence-corrected chi connectivity index (χ2v) is 14.4. The smallest absolute Gasteiger partial charge is 0.201 e. The highest BCUT2D eigenvalue weighted by molar-refractivity contribution is 14.1. The van der Waals surface area contributed by atoms with Crippen LogP contribution in [-0.2, 0) is 9.53 Å². The molecule has 0 saturated carbocycles.